The van der Waals surface area contributed by atoms with Gasteiger partial charge in [0.1, 0.15) is 0 Å². The highest BCUT2D eigenvalue weighted by Gasteiger charge is 2.38. The summed E-state index contributed by atoms with van der Waals surface area (Å²) in [5.74, 6) is 0.196. The highest BCUT2D eigenvalue weighted by molar-refractivity contribution is 5.86. The van der Waals surface area contributed by atoms with E-state index < -0.39 is 5.54 Å². The summed E-state index contributed by atoms with van der Waals surface area (Å²) in [4.78, 5) is 30.7. The fraction of sp³-hybridized carbons (Fsp3) is 0.875. The number of nitrogens with zero attached hydrogens (tertiary/aromatic N) is 3. The summed E-state index contributed by atoms with van der Waals surface area (Å²) in [5, 5.41) is 3.38. The van der Waals surface area contributed by atoms with Crippen molar-refractivity contribution in [1.82, 2.24) is 20.0 Å². The van der Waals surface area contributed by atoms with Gasteiger partial charge in [0.05, 0.1) is 5.54 Å². The maximum absolute atomic E-state index is 12.7. The van der Waals surface area contributed by atoms with Crippen LogP contribution in [0.5, 0.6) is 0 Å². The monoisotopic (exact) mass is 310 g/mol. The molecule has 2 saturated heterocycles. The van der Waals surface area contributed by atoms with Gasteiger partial charge >= 0.3 is 6.03 Å². The number of rotatable bonds is 3. The predicted octanol–water partition coefficient (Wildman–Crippen LogP) is 1.12. The zero-order valence-electron chi connectivity index (χ0n) is 14.2. The van der Waals surface area contributed by atoms with Gasteiger partial charge in [-0.25, -0.2) is 4.79 Å². The molecule has 0 aromatic heterocycles. The average Bonchev–Trinajstić information content (AvgIpc) is 2.56. The average molecular weight is 310 g/mol. The van der Waals surface area contributed by atoms with E-state index in [1.165, 1.54) is 0 Å². The lowest BCUT2D eigenvalue weighted by atomic mass is 9.89. The number of urea groups is 1. The van der Waals surface area contributed by atoms with E-state index in [-0.39, 0.29) is 11.9 Å². The molecular formula is C16H30N4O2. The van der Waals surface area contributed by atoms with Crippen LogP contribution in [0.3, 0.4) is 0 Å². The van der Waals surface area contributed by atoms with Gasteiger partial charge in [-0.3, -0.25) is 4.79 Å². The minimum absolute atomic E-state index is 0.0964. The topological polar surface area (TPSA) is 55.9 Å². The Balaban J connectivity index is 1.89. The second-order valence-corrected chi connectivity index (χ2v) is 6.45. The molecule has 0 spiro atoms. The Bertz CT molecular complexity index is 395. The molecule has 0 aliphatic carbocycles. The second kappa shape index (κ2) is 7.31. The SMILES string of the molecule is CCN(CC)C(=O)N1CCN(C(=O)C2(C)CCCCN2)CC1. The molecule has 126 valence electrons. The highest BCUT2D eigenvalue weighted by Crippen LogP contribution is 2.22. The standard InChI is InChI=1S/C16H30N4O2/c1-4-18(5-2)15(22)20-12-10-19(11-13-20)14(21)16(3)8-6-7-9-17-16/h17H,4-13H2,1-3H3. The summed E-state index contributed by atoms with van der Waals surface area (Å²) in [7, 11) is 0. The summed E-state index contributed by atoms with van der Waals surface area (Å²) in [5.41, 5.74) is -0.413. The number of carbonyl (C=O) groups is 2. The van der Waals surface area contributed by atoms with Gasteiger partial charge in [0.25, 0.3) is 0 Å². The number of piperidine rings is 1. The van der Waals surface area contributed by atoms with E-state index in [9.17, 15) is 9.59 Å². The summed E-state index contributed by atoms with van der Waals surface area (Å²) in [6, 6.07) is 0.0964. The number of hydrogen-bond acceptors (Lipinski definition) is 3. The van der Waals surface area contributed by atoms with Crippen molar-refractivity contribution in [1.29, 1.82) is 0 Å². The first-order valence-electron chi connectivity index (χ1n) is 8.60. The molecule has 2 rings (SSSR count). The van der Waals surface area contributed by atoms with Crippen LogP contribution in [0.1, 0.15) is 40.0 Å². The third-order valence-electron chi connectivity index (χ3n) is 4.96. The molecule has 0 aromatic rings. The first-order valence-corrected chi connectivity index (χ1v) is 8.60. The lowest BCUT2D eigenvalue weighted by molar-refractivity contribution is -0.140. The zero-order valence-corrected chi connectivity index (χ0v) is 14.2. The Morgan fingerprint density at radius 3 is 2.14 bits per heavy atom. The maximum atomic E-state index is 12.7. The first kappa shape index (κ1) is 17.1. The molecule has 2 aliphatic rings. The van der Waals surface area contributed by atoms with Crippen LogP contribution in [0.2, 0.25) is 0 Å². The lowest BCUT2D eigenvalue weighted by Gasteiger charge is -2.42. The van der Waals surface area contributed by atoms with Crippen LogP contribution in [0.15, 0.2) is 0 Å². The van der Waals surface area contributed by atoms with Gasteiger partial charge in [-0.2, -0.15) is 0 Å². The van der Waals surface area contributed by atoms with E-state index >= 15 is 0 Å². The molecule has 3 amide bonds. The smallest absolute Gasteiger partial charge is 0.320 e. The largest absolute Gasteiger partial charge is 0.338 e. The van der Waals surface area contributed by atoms with Crippen LogP contribution < -0.4 is 5.32 Å². The Kier molecular flexibility index (Phi) is 5.67. The van der Waals surface area contributed by atoms with Gasteiger partial charge in [-0.1, -0.05) is 0 Å². The van der Waals surface area contributed by atoms with E-state index in [0.29, 0.717) is 26.2 Å². The Labute approximate surface area is 133 Å². The van der Waals surface area contributed by atoms with Gasteiger partial charge in [-0.15, -0.1) is 0 Å². The Morgan fingerprint density at radius 2 is 1.64 bits per heavy atom. The van der Waals surface area contributed by atoms with Crippen LogP contribution in [-0.4, -0.2) is 78.0 Å². The summed E-state index contributed by atoms with van der Waals surface area (Å²) in [6.07, 6.45) is 3.16. The molecule has 1 unspecified atom stereocenters. The number of carbonyl (C=O) groups excluding carboxylic acids is 2. The van der Waals surface area contributed by atoms with Gasteiger partial charge in [0.2, 0.25) is 5.91 Å². The highest BCUT2D eigenvalue weighted by atomic mass is 16.2. The minimum Gasteiger partial charge on any atom is -0.338 e. The second-order valence-electron chi connectivity index (χ2n) is 6.45. The minimum atomic E-state index is -0.413. The van der Waals surface area contributed by atoms with Crippen molar-refractivity contribution in [3.63, 3.8) is 0 Å². The number of nitrogens with one attached hydrogen (secondary N) is 1. The fourth-order valence-electron chi connectivity index (χ4n) is 3.38. The molecule has 22 heavy (non-hydrogen) atoms. The molecule has 1 atom stereocenters. The normalized spacial score (nSPS) is 26.0. The fourth-order valence-corrected chi connectivity index (χ4v) is 3.38. The van der Waals surface area contributed by atoms with Crippen LogP contribution in [-0.2, 0) is 4.79 Å². The predicted molar refractivity (Wildman–Crippen MR) is 86.7 cm³/mol. The zero-order chi connectivity index (χ0) is 16.2. The van der Waals surface area contributed by atoms with Gasteiger partial charge in [0, 0.05) is 39.3 Å². The lowest BCUT2D eigenvalue weighted by Crippen LogP contribution is -2.62. The van der Waals surface area contributed by atoms with E-state index in [2.05, 4.69) is 5.32 Å². The van der Waals surface area contributed by atoms with Crippen molar-refractivity contribution in [3.05, 3.63) is 0 Å². The molecule has 0 radical (unpaired) electrons. The maximum Gasteiger partial charge on any atom is 0.320 e. The van der Waals surface area contributed by atoms with E-state index in [1.54, 1.807) is 0 Å². The molecule has 6 nitrogen and oxygen atoms in total. The van der Waals surface area contributed by atoms with Gasteiger partial charge in [0.15, 0.2) is 0 Å². The van der Waals surface area contributed by atoms with Crippen LogP contribution in [0.25, 0.3) is 0 Å². The quantitative estimate of drug-likeness (QED) is 0.850. The molecule has 2 aliphatic heterocycles. The van der Waals surface area contributed by atoms with Crippen LogP contribution in [0, 0.1) is 0 Å². The summed E-state index contributed by atoms with van der Waals surface area (Å²) < 4.78 is 0. The summed E-state index contributed by atoms with van der Waals surface area (Å²) >= 11 is 0. The van der Waals surface area contributed by atoms with Crippen molar-refractivity contribution in [3.8, 4) is 0 Å². The number of amides is 3. The molecule has 0 saturated carbocycles. The van der Waals surface area contributed by atoms with Crippen molar-refractivity contribution < 1.29 is 9.59 Å². The summed E-state index contributed by atoms with van der Waals surface area (Å²) in [6.45, 7) is 10.9. The molecule has 2 fully saturated rings. The van der Waals surface area contributed by atoms with Crippen molar-refractivity contribution in [2.24, 2.45) is 0 Å². The van der Waals surface area contributed by atoms with Crippen LogP contribution >= 0.6 is 0 Å². The van der Waals surface area contributed by atoms with Crippen molar-refractivity contribution in [2.45, 2.75) is 45.6 Å². The van der Waals surface area contributed by atoms with E-state index in [0.717, 1.165) is 38.9 Å². The third-order valence-corrected chi connectivity index (χ3v) is 4.96. The molecule has 0 aromatic carbocycles. The molecule has 1 N–H and O–H groups in total. The molecule has 0 bridgehead atoms. The molecule has 6 heteroatoms. The van der Waals surface area contributed by atoms with E-state index in [1.807, 2.05) is 35.5 Å². The number of hydrogen-bond donors (Lipinski definition) is 1. The van der Waals surface area contributed by atoms with E-state index in [4.69, 9.17) is 0 Å². The molecular weight excluding hydrogens is 280 g/mol. The van der Waals surface area contributed by atoms with Crippen LogP contribution in [0.4, 0.5) is 4.79 Å². The third kappa shape index (κ3) is 3.54. The van der Waals surface area contributed by atoms with Gasteiger partial charge in [-0.05, 0) is 46.6 Å². The van der Waals surface area contributed by atoms with Gasteiger partial charge < -0.3 is 20.0 Å². The molecule has 2 heterocycles. The Hall–Kier alpha value is -1.30. The van der Waals surface area contributed by atoms with Crippen molar-refractivity contribution >= 4 is 11.9 Å². The first-order chi connectivity index (χ1) is 10.5. The Morgan fingerprint density at radius 1 is 1.05 bits per heavy atom. The number of piperazine rings is 1. The van der Waals surface area contributed by atoms with Crippen molar-refractivity contribution in [2.75, 3.05) is 45.8 Å².